The molecular formula is C11H12N2OS. The van der Waals surface area contributed by atoms with E-state index in [1.165, 1.54) is 22.9 Å². The Labute approximate surface area is 93.0 Å². The SMILES string of the molecule is Cc1ccc(C2=NNC(=O)CS2)cc1C. The molecule has 1 amide bonds. The second-order valence-corrected chi connectivity index (χ2v) is 4.50. The molecule has 15 heavy (non-hydrogen) atoms. The number of carbonyl (C=O) groups excluding carboxylic acids is 1. The third kappa shape index (κ3) is 2.21. The van der Waals surface area contributed by atoms with Crippen molar-refractivity contribution in [2.45, 2.75) is 13.8 Å². The molecule has 0 fully saturated rings. The Bertz CT molecular complexity index is 440. The molecule has 1 aliphatic heterocycles. The van der Waals surface area contributed by atoms with Gasteiger partial charge in [-0.05, 0) is 31.0 Å². The van der Waals surface area contributed by atoms with E-state index in [1.807, 2.05) is 6.07 Å². The van der Waals surface area contributed by atoms with Gasteiger partial charge < -0.3 is 0 Å². The van der Waals surface area contributed by atoms with Crippen LogP contribution in [-0.4, -0.2) is 16.7 Å². The third-order valence-corrected chi connectivity index (χ3v) is 3.38. The van der Waals surface area contributed by atoms with Gasteiger partial charge in [0.05, 0.1) is 5.75 Å². The monoisotopic (exact) mass is 220 g/mol. The van der Waals surface area contributed by atoms with Gasteiger partial charge in [0.1, 0.15) is 5.04 Å². The highest BCUT2D eigenvalue weighted by Crippen LogP contribution is 2.18. The smallest absolute Gasteiger partial charge is 0.250 e. The molecule has 0 saturated heterocycles. The third-order valence-electron chi connectivity index (χ3n) is 2.38. The lowest BCUT2D eigenvalue weighted by atomic mass is 10.1. The van der Waals surface area contributed by atoms with E-state index in [0.29, 0.717) is 5.75 Å². The Hall–Kier alpha value is -1.29. The maximum atomic E-state index is 10.9. The van der Waals surface area contributed by atoms with Crippen molar-refractivity contribution in [3.63, 3.8) is 0 Å². The van der Waals surface area contributed by atoms with Gasteiger partial charge in [0.25, 0.3) is 5.91 Å². The van der Waals surface area contributed by atoms with Gasteiger partial charge in [0.15, 0.2) is 0 Å². The van der Waals surface area contributed by atoms with Crippen molar-refractivity contribution in [2.24, 2.45) is 5.10 Å². The number of nitrogens with zero attached hydrogens (tertiary/aromatic N) is 1. The number of hydrogen-bond acceptors (Lipinski definition) is 3. The summed E-state index contributed by atoms with van der Waals surface area (Å²) in [7, 11) is 0. The van der Waals surface area contributed by atoms with Crippen molar-refractivity contribution in [3.05, 3.63) is 34.9 Å². The van der Waals surface area contributed by atoms with Crippen LogP contribution >= 0.6 is 11.8 Å². The minimum atomic E-state index is -0.0346. The molecule has 4 heteroatoms. The van der Waals surface area contributed by atoms with E-state index in [4.69, 9.17) is 0 Å². The summed E-state index contributed by atoms with van der Waals surface area (Å²) >= 11 is 1.48. The lowest BCUT2D eigenvalue weighted by Crippen LogP contribution is -2.26. The van der Waals surface area contributed by atoms with Gasteiger partial charge in [-0.1, -0.05) is 23.9 Å². The van der Waals surface area contributed by atoms with Crippen LogP contribution in [0.25, 0.3) is 0 Å². The first-order valence-electron chi connectivity index (χ1n) is 4.74. The number of benzene rings is 1. The second-order valence-electron chi connectivity index (χ2n) is 3.54. The standard InChI is InChI=1S/C11H12N2OS/c1-7-3-4-9(5-8(7)2)11-13-12-10(14)6-15-11/h3-5H,6H2,1-2H3,(H,12,14). The first kappa shape index (κ1) is 10.2. The molecule has 3 nitrogen and oxygen atoms in total. The summed E-state index contributed by atoms with van der Waals surface area (Å²) in [5, 5.41) is 4.92. The maximum absolute atomic E-state index is 10.9. The molecule has 0 spiro atoms. The van der Waals surface area contributed by atoms with Crippen molar-refractivity contribution >= 4 is 22.7 Å². The van der Waals surface area contributed by atoms with Crippen LogP contribution in [0.1, 0.15) is 16.7 Å². The predicted octanol–water partition coefficient (Wildman–Crippen LogP) is 1.83. The maximum Gasteiger partial charge on any atom is 0.250 e. The molecule has 0 aliphatic carbocycles. The molecule has 1 N–H and O–H groups in total. The van der Waals surface area contributed by atoms with Crippen molar-refractivity contribution in [1.82, 2.24) is 5.43 Å². The van der Waals surface area contributed by atoms with E-state index in [1.54, 1.807) is 0 Å². The zero-order valence-corrected chi connectivity index (χ0v) is 9.52. The lowest BCUT2D eigenvalue weighted by Gasteiger charge is -2.12. The Morgan fingerprint density at radius 2 is 2.13 bits per heavy atom. The number of carbonyl (C=O) groups is 1. The van der Waals surface area contributed by atoms with Gasteiger partial charge in [-0.2, -0.15) is 5.10 Å². The van der Waals surface area contributed by atoms with Crippen LogP contribution in [0.2, 0.25) is 0 Å². The normalized spacial score (nSPS) is 15.9. The van der Waals surface area contributed by atoms with Gasteiger partial charge in [0.2, 0.25) is 0 Å². The van der Waals surface area contributed by atoms with Gasteiger partial charge in [0, 0.05) is 5.56 Å². The molecule has 0 unspecified atom stereocenters. The fraction of sp³-hybridized carbons (Fsp3) is 0.273. The molecule has 0 bridgehead atoms. The molecular weight excluding hydrogens is 208 g/mol. The van der Waals surface area contributed by atoms with Crippen molar-refractivity contribution in [3.8, 4) is 0 Å². The average molecular weight is 220 g/mol. The highest BCUT2D eigenvalue weighted by atomic mass is 32.2. The number of amides is 1. The van der Waals surface area contributed by atoms with Crippen molar-refractivity contribution in [1.29, 1.82) is 0 Å². The van der Waals surface area contributed by atoms with Gasteiger partial charge in [-0.15, -0.1) is 0 Å². The first-order chi connectivity index (χ1) is 7.16. The Balaban J connectivity index is 2.30. The van der Waals surface area contributed by atoms with Crippen molar-refractivity contribution < 1.29 is 4.79 Å². The topological polar surface area (TPSA) is 41.5 Å². The van der Waals surface area contributed by atoms with Crippen LogP contribution in [0.5, 0.6) is 0 Å². The molecule has 1 heterocycles. The van der Waals surface area contributed by atoms with E-state index in [9.17, 15) is 4.79 Å². The number of hydrogen-bond donors (Lipinski definition) is 1. The van der Waals surface area contributed by atoms with Crippen LogP contribution in [0, 0.1) is 13.8 Å². The Kier molecular flexibility index (Phi) is 2.77. The fourth-order valence-electron chi connectivity index (χ4n) is 1.33. The second kappa shape index (κ2) is 4.06. The molecule has 1 aliphatic rings. The van der Waals surface area contributed by atoms with Crippen LogP contribution in [-0.2, 0) is 4.79 Å². The molecule has 0 saturated carbocycles. The fourth-order valence-corrected chi connectivity index (χ4v) is 2.07. The van der Waals surface area contributed by atoms with E-state index < -0.39 is 0 Å². The summed E-state index contributed by atoms with van der Waals surface area (Å²) < 4.78 is 0. The molecule has 1 aromatic carbocycles. The first-order valence-corrected chi connectivity index (χ1v) is 5.72. The number of thioether (sulfide) groups is 1. The number of hydrazone groups is 1. The van der Waals surface area contributed by atoms with Crippen molar-refractivity contribution in [2.75, 3.05) is 5.75 Å². The summed E-state index contributed by atoms with van der Waals surface area (Å²) in [5.41, 5.74) is 6.08. The average Bonchev–Trinajstić information content (AvgIpc) is 2.23. The van der Waals surface area contributed by atoms with Crippen LogP contribution in [0.3, 0.4) is 0 Å². The van der Waals surface area contributed by atoms with Gasteiger partial charge in [-0.3, -0.25) is 4.79 Å². The predicted molar refractivity (Wildman–Crippen MR) is 63.1 cm³/mol. The largest absolute Gasteiger partial charge is 0.272 e. The van der Waals surface area contributed by atoms with E-state index in [-0.39, 0.29) is 5.91 Å². The lowest BCUT2D eigenvalue weighted by molar-refractivity contribution is -0.118. The molecule has 0 atom stereocenters. The molecule has 78 valence electrons. The molecule has 0 aromatic heterocycles. The van der Waals surface area contributed by atoms with E-state index in [2.05, 4.69) is 36.5 Å². The summed E-state index contributed by atoms with van der Waals surface area (Å²) in [6, 6.07) is 6.20. The quantitative estimate of drug-likeness (QED) is 0.784. The zero-order chi connectivity index (χ0) is 10.8. The molecule has 0 radical (unpaired) electrons. The van der Waals surface area contributed by atoms with Crippen LogP contribution in [0.15, 0.2) is 23.3 Å². The minimum absolute atomic E-state index is 0.0346. The zero-order valence-electron chi connectivity index (χ0n) is 8.70. The number of nitrogens with one attached hydrogen (secondary N) is 1. The summed E-state index contributed by atoms with van der Waals surface area (Å²) in [6.07, 6.45) is 0. The summed E-state index contributed by atoms with van der Waals surface area (Å²) in [4.78, 5) is 10.9. The number of aryl methyl sites for hydroxylation is 2. The number of rotatable bonds is 1. The highest BCUT2D eigenvalue weighted by Gasteiger charge is 2.13. The molecule has 1 aromatic rings. The summed E-state index contributed by atoms with van der Waals surface area (Å²) in [5.74, 6) is 0.416. The van der Waals surface area contributed by atoms with Crippen LogP contribution in [0.4, 0.5) is 0 Å². The Morgan fingerprint density at radius 1 is 1.33 bits per heavy atom. The van der Waals surface area contributed by atoms with E-state index in [0.717, 1.165) is 10.6 Å². The minimum Gasteiger partial charge on any atom is -0.272 e. The van der Waals surface area contributed by atoms with Gasteiger partial charge >= 0.3 is 0 Å². The highest BCUT2D eigenvalue weighted by molar-refractivity contribution is 8.15. The van der Waals surface area contributed by atoms with E-state index >= 15 is 0 Å². The van der Waals surface area contributed by atoms with Gasteiger partial charge in [-0.25, -0.2) is 5.43 Å². The van der Waals surface area contributed by atoms with Crippen LogP contribution < -0.4 is 5.43 Å². The summed E-state index contributed by atoms with van der Waals surface area (Å²) in [6.45, 7) is 4.15. The Morgan fingerprint density at radius 3 is 2.73 bits per heavy atom. The molecule has 2 rings (SSSR count).